The quantitative estimate of drug-likeness (QED) is 0.536. The SMILES string of the molecule is CC[N+](CC)(CC)Cc1cc(C)ccn1.[I-]. The van der Waals surface area contributed by atoms with Crippen LogP contribution >= 0.6 is 0 Å². The predicted molar refractivity (Wildman–Crippen MR) is 64.6 cm³/mol. The Morgan fingerprint density at radius 3 is 2.12 bits per heavy atom. The van der Waals surface area contributed by atoms with Crippen LogP contribution in [0, 0.1) is 6.92 Å². The highest BCUT2D eigenvalue weighted by atomic mass is 127. The molecule has 0 aromatic carbocycles. The lowest BCUT2D eigenvalue weighted by atomic mass is 10.2. The summed E-state index contributed by atoms with van der Waals surface area (Å²) in [7, 11) is 0. The molecule has 3 heteroatoms. The number of aromatic nitrogens is 1. The van der Waals surface area contributed by atoms with Crippen molar-refractivity contribution in [2.45, 2.75) is 34.2 Å². The molecule has 0 fully saturated rings. The van der Waals surface area contributed by atoms with Gasteiger partial charge in [-0.05, 0) is 45.4 Å². The van der Waals surface area contributed by atoms with Crippen molar-refractivity contribution in [3.8, 4) is 0 Å². The molecule has 0 spiro atoms. The minimum atomic E-state index is 0. The summed E-state index contributed by atoms with van der Waals surface area (Å²) >= 11 is 0. The Morgan fingerprint density at radius 2 is 1.69 bits per heavy atom. The van der Waals surface area contributed by atoms with Crippen LogP contribution in [0.1, 0.15) is 32.0 Å². The van der Waals surface area contributed by atoms with Crippen molar-refractivity contribution < 1.29 is 28.5 Å². The van der Waals surface area contributed by atoms with Crippen LogP contribution in [-0.2, 0) is 6.54 Å². The highest BCUT2D eigenvalue weighted by Crippen LogP contribution is 2.13. The van der Waals surface area contributed by atoms with Gasteiger partial charge in [-0.15, -0.1) is 0 Å². The van der Waals surface area contributed by atoms with Crippen LogP contribution in [0.4, 0.5) is 0 Å². The van der Waals surface area contributed by atoms with Gasteiger partial charge in [0.05, 0.1) is 25.3 Å². The molecule has 1 rings (SSSR count). The van der Waals surface area contributed by atoms with Crippen molar-refractivity contribution >= 4 is 0 Å². The maximum atomic E-state index is 4.45. The Kier molecular flexibility index (Phi) is 7.15. The summed E-state index contributed by atoms with van der Waals surface area (Å²) in [6.07, 6.45) is 1.92. The van der Waals surface area contributed by atoms with Crippen LogP contribution in [0.2, 0.25) is 0 Å². The molecular formula is C13H23IN2. The average Bonchev–Trinajstić information content (AvgIpc) is 2.26. The summed E-state index contributed by atoms with van der Waals surface area (Å²) in [6, 6.07) is 4.26. The maximum Gasteiger partial charge on any atom is 0.122 e. The third-order valence-electron chi connectivity index (χ3n) is 3.48. The summed E-state index contributed by atoms with van der Waals surface area (Å²) in [4.78, 5) is 4.45. The van der Waals surface area contributed by atoms with E-state index >= 15 is 0 Å². The molecule has 16 heavy (non-hydrogen) atoms. The normalized spacial score (nSPS) is 11.0. The van der Waals surface area contributed by atoms with Crippen molar-refractivity contribution in [3.05, 3.63) is 29.6 Å². The number of nitrogens with zero attached hydrogens (tertiary/aromatic N) is 2. The molecule has 92 valence electrons. The van der Waals surface area contributed by atoms with E-state index in [0.717, 1.165) is 11.0 Å². The van der Waals surface area contributed by atoms with Crippen LogP contribution in [0.3, 0.4) is 0 Å². The van der Waals surface area contributed by atoms with E-state index in [-0.39, 0.29) is 24.0 Å². The molecule has 1 aromatic rings. The smallest absolute Gasteiger partial charge is 0.122 e. The molecular weight excluding hydrogens is 311 g/mol. The Labute approximate surface area is 117 Å². The first-order valence-electron chi connectivity index (χ1n) is 5.92. The molecule has 0 amide bonds. The van der Waals surface area contributed by atoms with E-state index in [9.17, 15) is 0 Å². The molecule has 1 aromatic heterocycles. The van der Waals surface area contributed by atoms with E-state index in [1.54, 1.807) is 0 Å². The topological polar surface area (TPSA) is 12.9 Å². The van der Waals surface area contributed by atoms with Crippen molar-refractivity contribution in [2.75, 3.05) is 19.6 Å². The first-order chi connectivity index (χ1) is 7.15. The van der Waals surface area contributed by atoms with E-state index < -0.39 is 0 Å². The third-order valence-corrected chi connectivity index (χ3v) is 3.48. The second-order valence-electron chi connectivity index (χ2n) is 4.27. The maximum absolute atomic E-state index is 4.45. The molecule has 0 bridgehead atoms. The van der Waals surface area contributed by atoms with E-state index in [0.29, 0.717) is 0 Å². The molecule has 0 saturated carbocycles. The van der Waals surface area contributed by atoms with Gasteiger partial charge in [-0.25, -0.2) is 0 Å². The number of rotatable bonds is 5. The summed E-state index contributed by atoms with van der Waals surface area (Å²) < 4.78 is 1.14. The van der Waals surface area contributed by atoms with E-state index in [4.69, 9.17) is 0 Å². The van der Waals surface area contributed by atoms with Crippen molar-refractivity contribution in [1.29, 1.82) is 0 Å². The summed E-state index contributed by atoms with van der Waals surface area (Å²) in [5, 5.41) is 0. The van der Waals surface area contributed by atoms with Gasteiger partial charge < -0.3 is 28.5 Å². The third kappa shape index (κ3) is 4.01. The van der Waals surface area contributed by atoms with Gasteiger partial charge >= 0.3 is 0 Å². The fourth-order valence-corrected chi connectivity index (χ4v) is 2.04. The zero-order valence-electron chi connectivity index (χ0n) is 10.8. The van der Waals surface area contributed by atoms with Crippen LogP contribution < -0.4 is 24.0 Å². The lowest BCUT2D eigenvalue weighted by molar-refractivity contribution is -0.936. The highest BCUT2D eigenvalue weighted by Gasteiger charge is 2.21. The van der Waals surface area contributed by atoms with Crippen LogP contribution in [0.5, 0.6) is 0 Å². The molecule has 2 nitrogen and oxygen atoms in total. The number of hydrogen-bond donors (Lipinski definition) is 0. The van der Waals surface area contributed by atoms with Crippen molar-refractivity contribution in [3.63, 3.8) is 0 Å². The minimum Gasteiger partial charge on any atom is -1.00 e. The van der Waals surface area contributed by atoms with Crippen molar-refractivity contribution in [2.24, 2.45) is 0 Å². The zero-order chi connectivity index (χ0) is 11.3. The van der Waals surface area contributed by atoms with Gasteiger partial charge in [0.2, 0.25) is 0 Å². The number of aryl methyl sites for hydroxylation is 1. The molecule has 0 aliphatic rings. The summed E-state index contributed by atoms with van der Waals surface area (Å²) in [5.41, 5.74) is 2.53. The lowest BCUT2D eigenvalue weighted by Crippen LogP contribution is -3.00. The van der Waals surface area contributed by atoms with Gasteiger partial charge in [0, 0.05) is 6.20 Å². The molecule has 1 heterocycles. The molecule has 0 N–H and O–H groups in total. The fourth-order valence-electron chi connectivity index (χ4n) is 2.04. The molecule has 0 aliphatic heterocycles. The summed E-state index contributed by atoms with van der Waals surface area (Å²) in [5.74, 6) is 0. The number of quaternary nitrogens is 1. The number of hydrogen-bond acceptors (Lipinski definition) is 1. The Hall–Kier alpha value is -0.160. The van der Waals surface area contributed by atoms with Gasteiger partial charge in [-0.1, -0.05) is 0 Å². The van der Waals surface area contributed by atoms with Gasteiger partial charge in [-0.2, -0.15) is 0 Å². The Balaban J connectivity index is 0.00000225. The zero-order valence-corrected chi connectivity index (χ0v) is 13.0. The van der Waals surface area contributed by atoms with Crippen molar-refractivity contribution in [1.82, 2.24) is 4.98 Å². The molecule has 0 atom stereocenters. The average molecular weight is 334 g/mol. The second kappa shape index (κ2) is 7.22. The van der Waals surface area contributed by atoms with Crippen LogP contribution in [0.25, 0.3) is 0 Å². The molecule has 0 radical (unpaired) electrons. The first-order valence-corrected chi connectivity index (χ1v) is 5.92. The van der Waals surface area contributed by atoms with Crippen LogP contribution in [0.15, 0.2) is 18.3 Å². The Morgan fingerprint density at radius 1 is 1.12 bits per heavy atom. The van der Waals surface area contributed by atoms with Gasteiger partial charge in [0.25, 0.3) is 0 Å². The monoisotopic (exact) mass is 334 g/mol. The lowest BCUT2D eigenvalue weighted by Gasteiger charge is -2.35. The molecule has 0 saturated heterocycles. The summed E-state index contributed by atoms with van der Waals surface area (Å²) in [6.45, 7) is 13.5. The second-order valence-corrected chi connectivity index (χ2v) is 4.27. The van der Waals surface area contributed by atoms with E-state index in [1.165, 1.54) is 30.9 Å². The van der Waals surface area contributed by atoms with E-state index in [2.05, 4.69) is 44.8 Å². The Bertz CT molecular complexity index is 300. The number of pyridine rings is 1. The van der Waals surface area contributed by atoms with E-state index in [1.807, 2.05) is 6.20 Å². The molecule has 0 unspecified atom stereocenters. The number of halogens is 1. The molecule has 0 aliphatic carbocycles. The first kappa shape index (κ1) is 15.8. The van der Waals surface area contributed by atoms with Gasteiger partial charge in [0.1, 0.15) is 6.54 Å². The fraction of sp³-hybridized carbons (Fsp3) is 0.615. The van der Waals surface area contributed by atoms with Crippen LogP contribution in [-0.4, -0.2) is 29.1 Å². The standard InChI is InChI=1S/C13H23N2.HI/c1-5-15(6-2,7-3)11-13-10-12(4)8-9-14-13;/h8-10H,5-7,11H2,1-4H3;1H/q+1;/p-1. The largest absolute Gasteiger partial charge is 1.00 e. The predicted octanol–water partition coefficient (Wildman–Crippen LogP) is -0.229. The highest BCUT2D eigenvalue weighted by molar-refractivity contribution is 5.13. The van der Waals surface area contributed by atoms with Gasteiger partial charge in [0.15, 0.2) is 0 Å². The van der Waals surface area contributed by atoms with Gasteiger partial charge in [-0.3, -0.25) is 4.98 Å². The minimum absolute atomic E-state index is 0.